The molecule has 0 saturated carbocycles. The third-order valence-electron chi connectivity index (χ3n) is 3.85. The molecule has 3 aromatic heterocycles. The fourth-order valence-electron chi connectivity index (χ4n) is 2.64. The predicted octanol–water partition coefficient (Wildman–Crippen LogP) is 4.40. The summed E-state index contributed by atoms with van der Waals surface area (Å²) < 4.78 is 12.5. The Morgan fingerprint density at radius 2 is 2.15 bits per heavy atom. The van der Waals surface area contributed by atoms with Crippen LogP contribution in [0.25, 0.3) is 22.6 Å². The minimum atomic E-state index is -0.0807. The zero-order valence-electron chi connectivity index (χ0n) is 14.4. The molecular weight excluding hydrogens is 388 g/mol. The van der Waals surface area contributed by atoms with Crippen molar-refractivity contribution < 1.29 is 8.83 Å². The Morgan fingerprint density at radius 3 is 2.93 bits per heavy atom. The van der Waals surface area contributed by atoms with Crippen LogP contribution in [-0.2, 0) is 12.3 Å². The number of fused-ring (bicyclic) bond motifs is 1. The molecule has 1 aromatic carbocycles. The molecule has 0 amide bonds. The second-order valence-corrected chi connectivity index (χ2v) is 7.16. The Balaban J connectivity index is 1.64. The number of furan rings is 1. The monoisotopic (exact) mass is 402 g/mol. The summed E-state index contributed by atoms with van der Waals surface area (Å²) in [5.41, 5.74) is 0.493. The molecule has 0 N–H and O–H groups in total. The van der Waals surface area contributed by atoms with E-state index in [1.807, 2.05) is 6.92 Å². The average molecular weight is 403 g/mol. The maximum Gasteiger partial charge on any atom is 0.283 e. The first-order valence-electron chi connectivity index (χ1n) is 8.35. The number of hydrogen-bond donors (Lipinski definition) is 0. The highest BCUT2D eigenvalue weighted by atomic mass is 35.5. The Hall–Kier alpha value is -2.58. The Bertz CT molecular complexity index is 1140. The van der Waals surface area contributed by atoms with Gasteiger partial charge in [0.15, 0.2) is 10.9 Å². The van der Waals surface area contributed by atoms with Crippen molar-refractivity contribution in [3.05, 3.63) is 57.9 Å². The van der Waals surface area contributed by atoms with Gasteiger partial charge in [0.05, 0.1) is 22.9 Å². The van der Waals surface area contributed by atoms with Crippen LogP contribution in [0.2, 0.25) is 5.02 Å². The van der Waals surface area contributed by atoms with E-state index in [4.69, 9.17) is 20.4 Å². The molecule has 4 rings (SSSR count). The minimum absolute atomic E-state index is 0.0807. The summed E-state index contributed by atoms with van der Waals surface area (Å²) in [5, 5.41) is 9.69. The molecule has 4 aromatic rings. The molecule has 0 aliphatic carbocycles. The molecule has 0 spiro atoms. The number of nitrogens with zero attached hydrogens (tertiary/aromatic N) is 4. The van der Waals surface area contributed by atoms with Crippen LogP contribution in [-0.4, -0.2) is 19.7 Å². The summed E-state index contributed by atoms with van der Waals surface area (Å²) in [5.74, 6) is 1.64. The van der Waals surface area contributed by atoms with Crippen LogP contribution in [0.15, 0.2) is 55.4 Å². The smallest absolute Gasteiger partial charge is 0.283 e. The molecule has 0 radical (unpaired) electrons. The molecule has 0 aliphatic rings. The molecule has 0 bridgehead atoms. The fraction of sp³-hybridized carbons (Fsp3) is 0.222. The molecule has 7 nitrogen and oxygen atoms in total. The van der Waals surface area contributed by atoms with Gasteiger partial charge >= 0.3 is 0 Å². The van der Waals surface area contributed by atoms with Crippen molar-refractivity contribution >= 4 is 34.3 Å². The van der Waals surface area contributed by atoms with Crippen LogP contribution in [0.5, 0.6) is 0 Å². The van der Waals surface area contributed by atoms with Crippen molar-refractivity contribution in [1.82, 2.24) is 19.7 Å². The highest BCUT2D eigenvalue weighted by Gasteiger charge is 2.15. The van der Waals surface area contributed by atoms with Crippen LogP contribution in [0.1, 0.15) is 19.2 Å². The summed E-state index contributed by atoms with van der Waals surface area (Å²) in [6, 6.07) is 8.60. The van der Waals surface area contributed by atoms with E-state index in [0.717, 1.165) is 6.42 Å². The van der Waals surface area contributed by atoms with Crippen molar-refractivity contribution in [2.75, 3.05) is 0 Å². The van der Waals surface area contributed by atoms with Crippen molar-refractivity contribution in [1.29, 1.82) is 0 Å². The molecule has 27 heavy (non-hydrogen) atoms. The van der Waals surface area contributed by atoms with E-state index >= 15 is 0 Å². The number of thioether (sulfide) groups is 1. The van der Waals surface area contributed by atoms with Gasteiger partial charge in [0.25, 0.3) is 11.4 Å². The van der Waals surface area contributed by atoms with Gasteiger partial charge in [-0.25, -0.2) is 4.98 Å². The summed E-state index contributed by atoms with van der Waals surface area (Å²) in [7, 11) is 0. The highest BCUT2D eigenvalue weighted by Crippen LogP contribution is 2.25. The maximum atomic E-state index is 12.8. The molecule has 9 heteroatoms. The first-order valence-corrected chi connectivity index (χ1v) is 9.71. The van der Waals surface area contributed by atoms with Gasteiger partial charge in [0, 0.05) is 11.6 Å². The summed E-state index contributed by atoms with van der Waals surface area (Å²) >= 11 is 7.42. The SMILES string of the molecule is CCCn1c(SCc2nnc(-c3ccco3)o2)nc2cc(Cl)ccc2c1=O. The number of rotatable bonds is 6. The van der Waals surface area contributed by atoms with E-state index in [1.165, 1.54) is 11.8 Å². The molecule has 0 unspecified atom stereocenters. The van der Waals surface area contributed by atoms with Gasteiger partial charge < -0.3 is 8.83 Å². The van der Waals surface area contributed by atoms with E-state index in [2.05, 4.69) is 15.2 Å². The Labute approximate surface area is 163 Å². The number of halogens is 1. The van der Waals surface area contributed by atoms with Gasteiger partial charge in [-0.2, -0.15) is 0 Å². The fourth-order valence-corrected chi connectivity index (χ4v) is 3.67. The standard InChI is InChI=1S/C18H15ClN4O3S/c1-2-7-23-17(24)12-6-5-11(19)9-13(12)20-18(23)27-10-15-21-22-16(26-15)14-4-3-8-25-14/h3-6,8-9H,2,7,10H2,1H3. The second-order valence-electron chi connectivity index (χ2n) is 5.78. The first kappa shape index (κ1) is 17.8. The maximum absolute atomic E-state index is 12.8. The van der Waals surface area contributed by atoms with Gasteiger partial charge in [-0.15, -0.1) is 10.2 Å². The van der Waals surface area contributed by atoms with E-state index in [1.54, 1.807) is 41.2 Å². The lowest BCUT2D eigenvalue weighted by atomic mass is 10.2. The lowest BCUT2D eigenvalue weighted by Gasteiger charge is -2.11. The van der Waals surface area contributed by atoms with Crippen LogP contribution in [0.4, 0.5) is 0 Å². The van der Waals surface area contributed by atoms with Gasteiger partial charge in [-0.05, 0) is 36.8 Å². The van der Waals surface area contributed by atoms with Crippen LogP contribution >= 0.6 is 23.4 Å². The zero-order chi connectivity index (χ0) is 18.8. The Kier molecular flexibility index (Phi) is 5.00. The highest BCUT2D eigenvalue weighted by molar-refractivity contribution is 7.98. The van der Waals surface area contributed by atoms with E-state index in [0.29, 0.717) is 50.9 Å². The Morgan fingerprint density at radius 1 is 1.26 bits per heavy atom. The third-order valence-corrected chi connectivity index (χ3v) is 5.05. The predicted molar refractivity (Wildman–Crippen MR) is 103 cm³/mol. The van der Waals surface area contributed by atoms with Crippen molar-refractivity contribution in [2.45, 2.75) is 30.8 Å². The molecule has 0 saturated heterocycles. The largest absolute Gasteiger partial charge is 0.459 e. The minimum Gasteiger partial charge on any atom is -0.459 e. The quantitative estimate of drug-likeness (QED) is 0.349. The average Bonchev–Trinajstić information content (AvgIpc) is 3.34. The lowest BCUT2D eigenvalue weighted by molar-refractivity contribution is 0.494. The topological polar surface area (TPSA) is 86.9 Å². The van der Waals surface area contributed by atoms with Crippen LogP contribution < -0.4 is 5.56 Å². The molecule has 0 fully saturated rings. The van der Waals surface area contributed by atoms with Crippen LogP contribution in [0.3, 0.4) is 0 Å². The second kappa shape index (κ2) is 7.58. The molecule has 138 valence electrons. The zero-order valence-corrected chi connectivity index (χ0v) is 16.0. The van der Waals surface area contributed by atoms with Gasteiger partial charge in [0.1, 0.15) is 0 Å². The molecule has 0 atom stereocenters. The summed E-state index contributed by atoms with van der Waals surface area (Å²) in [6.45, 7) is 2.59. The summed E-state index contributed by atoms with van der Waals surface area (Å²) in [4.78, 5) is 17.4. The molecule has 3 heterocycles. The molecule has 0 aliphatic heterocycles. The molecular formula is C18H15ClN4O3S. The number of aromatic nitrogens is 4. The van der Waals surface area contributed by atoms with E-state index in [9.17, 15) is 4.79 Å². The van der Waals surface area contributed by atoms with Crippen molar-refractivity contribution in [3.63, 3.8) is 0 Å². The van der Waals surface area contributed by atoms with Gasteiger partial charge in [0.2, 0.25) is 5.89 Å². The summed E-state index contributed by atoms with van der Waals surface area (Å²) in [6.07, 6.45) is 2.36. The van der Waals surface area contributed by atoms with Gasteiger partial charge in [-0.3, -0.25) is 9.36 Å². The first-order chi connectivity index (χ1) is 13.2. The number of benzene rings is 1. The van der Waals surface area contributed by atoms with Crippen LogP contribution in [0, 0.1) is 0 Å². The van der Waals surface area contributed by atoms with Gasteiger partial charge in [-0.1, -0.05) is 30.3 Å². The van der Waals surface area contributed by atoms with Crippen molar-refractivity contribution in [3.8, 4) is 11.7 Å². The van der Waals surface area contributed by atoms with E-state index in [-0.39, 0.29) is 5.56 Å². The lowest BCUT2D eigenvalue weighted by Crippen LogP contribution is -2.23. The van der Waals surface area contributed by atoms with Crippen molar-refractivity contribution in [2.24, 2.45) is 0 Å². The number of hydrogen-bond acceptors (Lipinski definition) is 7. The normalized spacial score (nSPS) is 11.3. The third kappa shape index (κ3) is 3.63. The van der Waals surface area contributed by atoms with E-state index < -0.39 is 0 Å².